The van der Waals surface area contributed by atoms with Gasteiger partial charge >= 0.3 is 0 Å². The molecule has 0 aromatic heterocycles. The van der Waals surface area contributed by atoms with Crippen LogP contribution in [0.4, 0.5) is 0 Å². The molecule has 150 valence electrons. The van der Waals surface area contributed by atoms with Gasteiger partial charge in [-0.3, -0.25) is 14.4 Å². The van der Waals surface area contributed by atoms with Crippen molar-refractivity contribution in [2.24, 2.45) is 5.92 Å². The fraction of sp³-hybridized carbons (Fsp3) is 0.450. The molecule has 1 unspecified atom stereocenters. The summed E-state index contributed by atoms with van der Waals surface area (Å²) in [4.78, 5) is 39.3. The summed E-state index contributed by atoms with van der Waals surface area (Å²) in [5.74, 6) is -3.07. The molecular weight excluding hydrogens is 381 g/mol. The van der Waals surface area contributed by atoms with Crippen molar-refractivity contribution in [1.82, 2.24) is 4.90 Å². The van der Waals surface area contributed by atoms with Crippen molar-refractivity contribution in [2.75, 3.05) is 19.7 Å². The van der Waals surface area contributed by atoms with E-state index in [-0.39, 0.29) is 12.8 Å². The lowest BCUT2D eigenvalue weighted by Gasteiger charge is -2.31. The normalized spacial score (nSPS) is 28.0. The molecule has 0 bridgehead atoms. The highest BCUT2D eigenvalue weighted by Gasteiger charge is 2.44. The highest BCUT2D eigenvalue weighted by molar-refractivity contribution is 7.62. The first-order valence-corrected chi connectivity index (χ1v) is 11.9. The summed E-state index contributed by atoms with van der Waals surface area (Å²) >= 11 is 0. The molecule has 8 heteroatoms. The number of ether oxygens (including phenoxy) is 1. The minimum atomic E-state index is -2.39. The molecule has 1 amide bonds. The molecule has 3 rings (SSSR count). The van der Waals surface area contributed by atoms with Crippen LogP contribution in [0.15, 0.2) is 42.6 Å². The SMILES string of the molecule is CP(C)(=O)CO[C@H]1C[C@@H](N2C=CC(=O)C(C(=O)c3ccccc3)C2=O)C[C@H]1O. The number of nitrogens with zero attached hydrogens (tertiary/aromatic N) is 1. The maximum atomic E-state index is 12.9. The molecule has 1 aromatic rings. The monoisotopic (exact) mass is 405 g/mol. The van der Waals surface area contributed by atoms with E-state index >= 15 is 0 Å². The van der Waals surface area contributed by atoms with Gasteiger partial charge in [0.1, 0.15) is 7.14 Å². The second-order valence-electron chi connectivity index (χ2n) is 7.73. The van der Waals surface area contributed by atoms with E-state index in [0.717, 1.165) is 0 Å². The molecule has 2 aliphatic rings. The average molecular weight is 405 g/mol. The summed E-state index contributed by atoms with van der Waals surface area (Å²) in [5, 5.41) is 10.3. The van der Waals surface area contributed by atoms with E-state index in [1.54, 1.807) is 43.7 Å². The molecule has 1 fully saturated rings. The van der Waals surface area contributed by atoms with E-state index in [2.05, 4.69) is 0 Å². The average Bonchev–Trinajstić information content (AvgIpc) is 3.00. The molecular formula is C20H24NO6P. The lowest BCUT2D eigenvalue weighted by molar-refractivity contribution is -0.138. The first-order chi connectivity index (χ1) is 13.2. The molecule has 1 aromatic carbocycles. The van der Waals surface area contributed by atoms with Crippen LogP contribution in [0.1, 0.15) is 23.2 Å². The fourth-order valence-electron chi connectivity index (χ4n) is 3.54. The van der Waals surface area contributed by atoms with Crippen LogP contribution in [0.3, 0.4) is 0 Å². The molecule has 0 saturated heterocycles. The van der Waals surface area contributed by atoms with Crippen molar-refractivity contribution in [1.29, 1.82) is 0 Å². The van der Waals surface area contributed by atoms with Crippen LogP contribution in [-0.2, 0) is 18.9 Å². The predicted molar refractivity (Wildman–Crippen MR) is 103 cm³/mol. The lowest BCUT2D eigenvalue weighted by atomic mass is 9.89. The van der Waals surface area contributed by atoms with Gasteiger partial charge in [0.05, 0.1) is 18.6 Å². The van der Waals surface area contributed by atoms with Crippen molar-refractivity contribution in [3.05, 3.63) is 48.2 Å². The van der Waals surface area contributed by atoms with Gasteiger partial charge in [-0.1, -0.05) is 30.3 Å². The molecule has 1 N–H and O–H groups in total. The smallest absolute Gasteiger partial charge is 0.245 e. The van der Waals surface area contributed by atoms with Crippen molar-refractivity contribution < 1.29 is 28.8 Å². The summed E-state index contributed by atoms with van der Waals surface area (Å²) in [6.45, 7) is 3.21. The third kappa shape index (κ3) is 4.49. The molecule has 28 heavy (non-hydrogen) atoms. The number of ketones is 2. The number of hydrogen-bond donors (Lipinski definition) is 1. The van der Waals surface area contributed by atoms with Gasteiger partial charge in [-0.05, 0) is 32.2 Å². The van der Waals surface area contributed by atoms with Crippen LogP contribution in [0.2, 0.25) is 0 Å². The van der Waals surface area contributed by atoms with E-state index in [1.807, 2.05) is 0 Å². The number of aliphatic hydroxyl groups excluding tert-OH is 1. The number of carbonyl (C=O) groups is 3. The number of carbonyl (C=O) groups excluding carboxylic acids is 3. The fourth-order valence-corrected chi connectivity index (χ4v) is 4.09. The summed E-state index contributed by atoms with van der Waals surface area (Å²) in [5.41, 5.74) is 0.304. The van der Waals surface area contributed by atoms with Crippen LogP contribution >= 0.6 is 7.14 Å². The third-order valence-electron chi connectivity index (χ3n) is 4.95. The first-order valence-electron chi connectivity index (χ1n) is 9.14. The van der Waals surface area contributed by atoms with Gasteiger partial charge in [-0.2, -0.15) is 0 Å². The maximum Gasteiger partial charge on any atom is 0.245 e. The number of allylic oxidation sites excluding steroid dienone is 1. The Morgan fingerprint density at radius 2 is 1.89 bits per heavy atom. The Morgan fingerprint density at radius 1 is 1.21 bits per heavy atom. The van der Waals surface area contributed by atoms with Gasteiger partial charge in [-0.15, -0.1) is 0 Å². The van der Waals surface area contributed by atoms with Gasteiger partial charge in [0.2, 0.25) is 5.91 Å². The van der Waals surface area contributed by atoms with E-state index in [0.29, 0.717) is 12.0 Å². The summed E-state index contributed by atoms with van der Waals surface area (Å²) in [7, 11) is -2.39. The zero-order valence-electron chi connectivity index (χ0n) is 15.9. The molecule has 1 aliphatic carbocycles. The van der Waals surface area contributed by atoms with Crippen molar-refractivity contribution in [3.63, 3.8) is 0 Å². The van der Waals surface area contributed by atoms with Crippen LogP contribution in [0.25, 0.3) is 0 Å². The highest BCUT2D eigenvalue weighted by atomic mass is 31.2. The van der Waals surface area contributed by atoms with Crippen LogP contribution < -0.4 is 0 Å². The van der Waals surface area contributed by atoms with Crippen molar-refractivity contribution >= 4 is 24.6 Å². The number of benzene rings is 1. The van der Waals surface area contributed by atoms with E-state index in [4.69, 9.17) is 4.74 Å². The molecule has 1 aliphatic heterocycles. The zero-order valence-corrected chi connectivity index (χ0v) is 16.7. The van der Waals surface area contributed by atoms with Gasteiger partial charge in [0.25, 0.3) is 0 Å². The summed E-state index contributed by atoms with van der Waals surface area (Å²) < 4.78 is 17.4. The first kappa shape index (κ1) is 20.6. The van der Waals surface area contributed by atoms with Gasteiger partial charge in [-0.25, -0.2) is 0 Å². The standard InChI is InChI=1S/C20H24NO6P/c1-28(2,26)12-27-17-11-14(10-16(17)23)21-9-8-15(22)18(20(21)25)19(24)13-6-4-3-5-7-13/h3-9,14,16-18,23H,10-12H2,1-2H3/t14-,16+,17-,18?/m0/s1. The topological polar surface area (TPSA) is 101 Å². The zero-order chi connectivity index (χ0) is 20.5. The molecule has 1 heterocycles. The number of hydrogen-bond acceptors (Lipinski definition) is 6. The summed E-state index contributed by atoms with van der Waals surface area (Å²) in [6.07, 6.45) is 1.93. The second-order valence-corrected chi connectivity index (χ2v) is 11.1. The Kier molecular flexibility index (Phi) is 5.98. The molecule has 0 spiro atoms. The second kappa shape index (κ2) is 8.11. The maximum absolute atomic E-state index is 12.9. The Labute approximate surface area is 163 Å². The largest absolute Gasteiger partial charge is 0.390 e. The van der Waals surface area contributed by atoms with Crippen LogP contribution in [0, 0.1) is 5.92 Å². The number of amides is 1. The van der Waals surface area contributed by atoms with Gasteiger partial charge in [0, 0.05) is 17.8 Å². The molecule has 1 saturated carbocycles. The Balaban J connectivity index is 1.74. The third-order valence-corrected chi connectivity index (χ3v) is 5.72. The number of aliphatic hydroxyl groups is 1. The predicted octanol–water partition coefficient (Wildman–Crippen LogP) is 1.90. The molecule has 0 radical (unpaired) electrons. The Morgan fingerprint density at radius 3 is 2.54 bits per heavy atom. The Hall–Kier alpha value is -2.08. The van der Waals surface area contributed by atoms with Gasteiger partial charge < -0.3 is 19.3 Å². The van der Waals surface area contributed by atoms with Crippen molar-refractivity contribution in [3.8, 4) is 0 Å². The quantitative estimate of drug-likeness (QED) is 0.441. The Bertz CT molecular complexity index is 846. The number of Topliss-reactive ketones (excluding diaryl/α,β-unsaturated/α-hetero) is 1. The summed E-state index contributed by atoms with van der Waals surface area (Å²) in [6, 6.07) is 7.85. The highest BCUT2D eigenvalue weighted by Crippen LogP contribution is 2.38. The van der Waals surface area contributed by atoms with E-state index in [1.165, 1.54) is 17.2 Å². The van der Waals surface area contributed by atoms with Crippen LogP contribution in [-0.4, -0.2) is 65.4 Å². The van der Waals surface area contributed by atoms with Crippen molar-refractivity contribution in [2.45, 2.75) is 31.1 Å². The van der Waals surface area contributed by atoms with Crippen LogP contribution in [0.5, 0.6) is 0 Å². The minimum absolute atomic E-state index is 0.0544. The molecule has 4 atom stereocenters. The molecule has 7 nitrogen and oxygen atoms in total. The van der Waals surface area contributed by atoms with Gasteiger partial charge in [0.15, 0.2) is 17.5 Å². The van der Waals surface area contributed by atoms with E-state index < -0.39 is 48.8 Å². The number of rotatable bonds is 6. The minimum Gasteiger partial charge on any atom is -0.390 e. The lowest BCUT2D eigenvalue weighted by Crippen LogP contribution is -2.47. The van der Waals surface area contributed by atoms with E-state index in [9.17, 15) is 24.1 Å².